The molecular weight excluding hydrogens is 454 g/mol. The Balaban J connectivity index is 1.38. The summed E-state index contributed by atoms with van der Waals surface area (Å²) in [5, 5.41) is 2.95. The minimum absolute atomic E-state index is 0.0666. The minimum atomic E-state index is -0.471. The quantitative estimate of drug-likeness (QED) is 0.535. The molecule has 3 aromatic rings. The van der Waals surface area contributed by atoms with Gasteiger partial charge < -0.3 is 19.9 Å². The van der Waals surface area contributed by atoms with Gasteiger partial charge in [0.2, 0.25) is 11.8 Å². The summed E-state index contributed by atoms with van der Waals surface area (Å²) < 4.78 is 6.08. The summed E-state index contributed by atoms with van der Waals surface area (Å²) in [6.45, 7) is 8.24. The lowest BCUT2D eigenvalue weighted by molar-refractivity contribution is -0.122. The Bertz CT molecular complexity index is 1380. The van der Waals surface area contributed by atoms with Crippen molar-refractivity contribution in [3.63, 3.8) is 0 Å². The Morgan fingerprint density at radius 3 is 2.50 bits per heavy atom. The molecule has 2 aliphatic heterocycles. The van der Waals surface area contributed by atoms with Crippen LogP contribution in [0.15, 0.2) is 60.7 Å². The Hall–Kier alpha value is -4.13. The number of hydrogen-bond donors (Lipinski definition) is 1. The lowest BCUT2D eigenvalue weighted by Crippen LogP contribution is -2.36. The van der Waals surface area contributed by atoms with Crippen LogP contribution < -0.4 is 19.9 Å². The molecule has 0 aromatic heterocycles. The second kappa shape index (κ2) is 9.15. The van der Waals surface area contributed by atoms with Gasteiger partial charge in [-0.05, 0) is 81.3 Å². The summed E-state index contributed by atoms with van der Waals surface area (Å²) in [6.07, 6.45) is 0.152. The van der Waals surface area contributed by atoms with Gasteiger partial charge in [0.25, 0.3) is 5.91 Å². The number of carbonyl (C=O) groups excluding carboxylic acids is 3. The number of anilines is 3. The highest BCUT2D eigenvalue weighted by Crippen LogP contribution is 2.41. The molecule has 36 heavy (non-hydrogen) atoms. The highest BCUT2D eigenvalue weighted by Gasteiger charge is 2.36. The number of amides is 3. The smallest absolute Gasteiger partial charge is 0.262 e. The summed E-state index contributed by atoms with van der Waals surface area (Å²) in [5.74, 6) is 0.115. The van der Waals surface area contributed by atoms with E-state index in [0.717, 1.165) is 16.8 Å². The van der Waals surface area contributed by atoms with Crippen molar-refractivity contribution in [3.8, 4) is 11.5 Å². The topological polar surface area (TPSA) is 79.0 Å². The molecule has 1 N–H and O–H groups in total. The maximum Gasteiger partial charge on any atom is 0.262 e. The van der Waals surface area contributed by atoms with E-state index in [4.69, 9.17) is 4.74 Å². The normalized spacial score (nSPS) is 17.0. The molecule has 0 unspecified atom stereocenters. The number of nitrogens with zero attached hydrogens (tertiary/aromatic N) is 2. The third-order valence-corrected chi connectivity index (χ3v) is 6.86. The SMILES string of the molecule is Cc1ccc(N2C[C@H](C(=O)Nc3ccc4c(c3)N(C(C)C)C(=O)c3ccccc3O4)CC2=O)cc1C. The number of para-hydroxylation sites is 1. The van der Waals surface area contributed by atoms with Crippen molar-refractivity contribution in [2.75, 3.05) is 21.7 Å². The van der Waals surface area contributed by atoms with E-state index < -0.39 is 5.92 Å². The van der Waals surface area contributed by atoms with Crippen LogP contribution in [-0.2, 0) is 9.59 Å². The van der Waals surface area contributed by atoms with Gasteiger partial charge in [0.1, 0.15) is 5.75 Å². The second-order valence-electron chi connectivity index (χ2n) is 9.71. The van der Waals surface area contributed by atoms with Gasteiger partial charge >= 0.3 is 0 Å². The van der Waals surface area contributed by atoms with Crippen LogP contribution >= 0.6 is 0 Å². The molecule has 5 rings (SSSR count). The van der Waals surface area contributed by atoms with Crippen molar-refractivity contribution in [1.29, 1.82) is 0 Å². The molecule has 7 nitrogen and oxygen atoms in total. The van der Waals surface area contributed by atoms with Crippen LogP contribution in [0.4, 0.5) is 17.1 Å². The third-order valence-electron chi connectivity index (χ3n) is 6.86. The predicted octanol–water partition coefficient (Wildman–Crippen LogP) is 5.46. The van der Waals surface area contributed by atoms with E-state index >= 15 is 0 Å². The molecule has 0 saturated carbocycles. The predicted molar refractivity (Wildman–Crippen MR) is 140 cm³/mol. The fraction of sp³-hybridized carbons (Fsp3) is 0.276. The summed E-state index contributed by atoms with van der Waals surface area (Å²) in [4.78, 5) is 42.6. The molecule has 184 valence electrons. The van der Waals surface area contributed by atoms with Gasteiger partial charge in [-0.15, -0.1) is 0 Å². The van der Waals surface area contributed by atoms with E-state index in [1.807, 2.05) is 58.0 Å². The lowest BCUT2D eigenvalue weighted by Gasteiger charge is -2.26. The average molecular weight is 484 g/mol. The van der Waals surface area contributed by atoms with E-state index in [1.165, 1.54) is 0 Å². The zero-order chi connectivity index (χ0) is 25.6. The minimum Gasteiger partial charge on any atom is -0.454 e. The number of aryl methyl sites for hydroxylation is 2. The molecule has 3 amide bonds. The number of nitrogens with one attached hydrogen (secondary N) is 1. The van der Waals surface area contributed by atoms with E-state index in [9.17, 15) is 14.4 Å². The van der Waals surface area contributed by atoms with Crippen LogP contribution in [0.1, 0.15) is 41.8 Å². The van der Waals surface area contributed by atoms with Gasteiger partial charge in [-0.2, -0.15) is 0 Å². The lowest BCUT2D eigenvalue weighted by atomic mass is 10.1. The van der Waals surface area contributed by atoms with Crippen molar-refractivity contribution < 1.29 is 19.1 Å². The van der Waals surface area contributed by atoms with Crippen LogP contribution in [-0.4, -0.2) is 30.3 Å². The van der Waals surface area contributed by atoms with Crippen LogP contribution in [0.5, 0.6) is 11.5 Å². The number of fused-ring (bicyclic) bond motifs is 2. The van der Waals surface area contributed by atoms with Gasteiger partial charge in [0, 0.05) is 30.4 Å². The third kappa shape index (κ3) is 4.21. The van der Waals surface area contributed by atoms with E-state index in [-0.39, 0.29) is 30.2 Å². The van der Waals surface area contributed by atoms with Crippen LogP contribution in [0.3, 0.4) is 0 Å². The first kappa shape index (κ1) is 23.6. The molecule has 0 aliphatic carbocycles. The molecular formula is C29H29N3O4. The van der Waals surface area contributed by atoms with Crippen LogP contribution in [0.2, 0.25) is 0 Å². The highest BCUT2D eigenvalue weighted by atomic mass is 16.5. The molecule has 3 aromatic carbocycles. The number of hydrogen-bond acceptors (Lipinski definition) is 4. The summed E-state index contributed by atoms with van der Waals surface area (Å²) >= 11 is 0. The fourth-order valence-corrected chi connectivity index (χ4v) is 4.74. The Morgan fingerprint density at radius 1 is 0.972 bits per heavy atom. The Kier molecular flexibility index (Phi) is 6.00. The molecule has 1 saturated heterocycles. The fourth-order valence-electron chi connectivity index (χ4n) is 4.74. The summed E-state index contributed by atoms with van der Waals surface area (Å²) in [6, 6.07) is 18.2. The Labute approximate surface area is 210 Å². The second-order valence-corrected chi connectivity index (χ2v) is 9.71. The first-order valence-corrected chi connectivity index (χ1v) is 12.2. The molecule has 2 aliphatic rings. The molecule has 0 bridgehead atoms. The van der Waals surface area contributed by atoms with Gasteiger partial charge in [-0.3, -0.25) is 14.4 Å². The maximum absolute atomic E-state index is 13.4. The van der Waals surface area contributed by atoms with E-state index in [0.29, 0.717) is 35.0 Å². The highest BCUT2D eigenvalue weighted by molar-refractivity contribution is 6.10. The molecule has 1 atom stereocenters. The molecule has 2 heterocycles. The van der Waals surface area contributed by atoms with E-state index in [1.54, 1.807) is 40.1 Å². The van der Waals surface area contributed by atoms with Gasteiger partial charge in [0.15, 0.2) is 5.75 Å². The first-order valence-electron chi connectivity index (χ1n) is 12.2. The molecule has 1 fully saturated rings. The van der Waals surface area contributed by atoms with Crippen LogP contribution in [0.25, 0.3) is 0 Å². The molecule has 0 spiro atoms. The maximum atomic E-state index is 13.4. The number of ether oxygens (including phenoxy) is 1. The van der Waals surface area contributed by atoms with Gasteiger partial charge in [0.05, 0.1) is 17.2 Å². The zero-order valence-corrected chi connectivity index (χ0v) is 20.9. The average Bonchev–Trinajstić information content (AvgIpc) is 3.18. The number of rotatable bonds is 4. The monoisotopic (exact) mass is 483 g/mol. The van der Waals surface area contributed by atoms with Crippen LogP contribution in [0, 0.1) is 19.8 Å². The van der Waals surface area contributed by atoms with Gasteiger partial charge in [-0.1, -0.05) is 18.2 Å². The van der Waals surface area contributed by atoms with Crippen molar-refractivity contribution in [1.82, 2.24) is 0 Å². The zero-order valence-electron chi connectivity index (χ0n) is 20.9. The largest absolute Gasteiger partial charge is 0.454 e. The summed E-state index contributed by atoms with van der Waals surface area (Å²) in [5.41, 5.74) is 4.69. The van der Waals surface area contributed by atoms with Crippen molar-refractivity contribution in [2.45, 2.75) is 40.2 Å². The summed E-state index contributed by atoms with van der Waals surface area (Å²) in [7, 11) is 0. The number of carbonyl (C=O) groups is 3. The van der Waals surface area contributed by atoms with Gasteiger partial charge in [-0.25, -0.2) is 0 Å². The van der Waals surface area contributed by atoms with Crippen molar-refractivity contribution in [2.24, 2.45) is 5.92 Å². The Morgan fingerprint density at radius 2 is 1.75 bits per heavy atom. The molecule has 0 radical (unpaired) electrons. The molecule has 7 heteroatoms. The first-order chi connectivity index (χ1) is 17.2. The van der Waals surface area contributed by atoms with Crippen molar-refractivity contribution in [3.05, 3.63) is 77.4 Å². The van der Waals surface area contributed by atoms with Crippen molar-refractivity contribution >= 4 is 34.8 Å². The standard InChI is InChI=1S/C29H29N3O4/c1-17(2)32-24-15-21(10-12-26(24)36-25-8-6-5-7-23(25)29(32)35)30-28(34)20-14-27(33)31(16-20)22-11-9-18(3)19(4)13-22/h5-13,15,17,20H,14,16H2,1-4H3,(H,30,34)/t20-/m1/s1. The van der Waals surface area contributed by atoms with E-state index in [2.05, 4.69) is 5.32 Å². The number of benzene rings is 3.